The summed E-state index contributed by atoms with van der Waals surface area (Å²) >= 11 is -5.31. The van der Waals surface area contributed by atoms with Crippen molar-refractivity contribution in [2.75, 3.05) is 22.9 Å². The summed E-state index contributed by atoms with van der Waals surface area (Å²) in [5.41, 5.74) is -1.83. The van der Waals surface area contributed by atoms with Gasteiger partial charge in [0.1, 0.15) is 0 Å². The van der Waals surface area contributed by atoms with Crippen molar-refractivity contribution in [3.05, 3.63) is 96.1 Å². The summed E-state index contributed by atoms with van der Waals surface area (Å²) in [4.78, 5) is 32.5. The summed E-state index contributed by atoms with van der Waals surface area (Å²) in [6.45, 7) is 20.5. The van der Waals surface area contributed by atoms with Gasteiger partial charge in [-0.25, -0.2) is 0 Å². The van der Waals surface area contributed by atoms with Gasteiger partial charge in [0.05, 0.1) is 0 Å². The van der Waals surface area contributed by atoms with Gasteiger partial charge >= 0.3 is 384 Å². The van der Waals surface area contributed by atoms with Crippen LogP contribution in [-0.4, -0.2) is 24.9 Å². The molecule has 63 heavy (non-hydrogen) atoms. The van der Waals surface area contributed by atoms with Crippen LogP contribution in [0.4, 0.5) is 28.9 Å². The molecule has 348 valence electrons. The van der Waals surface area contributed by atoms with E-state index in [1.54, 1.807) is 24.3 Å². The number of rotatable bonds is 26. The van der Waals surface area contributed by atoms with E-state index >= 15 is 17.6 Å². The second-order valence-corrected chi connectivity index (χ2v) is 25.9. The van der Waals surface area contributed by atoms with Crippen LogP contribution in [0.1, 0.15) is 159 Å². The maximum absolute atomic E-state index is 18.5. The van der Waals surface area contributed by atoms with E-state index in [2.05, 4.69) is 27.7 Å². The number of hydrogen-bond acceptors (Lipinski definition) is 2. The molecule has 9 heteroatoms. The first-order valence-corrected chi connectivity index (χ1v) is 27.7. The van der Waals surface area contributed by atoms with Crippen LogP contribution in [0.2, 0.25) is 8.45 Å². The first-order valence-electron chi connectivity index (χ1n) is 24.3. The van der Waals surface area contributed by atoms with Crippen LogP contribution in [0.5, 0.6) is 0 Å². The number of carbonyl (C=O) groups is 2. The third-order valence-corrected chi connectivity index (χ3v) is 22.6. The molecule has 2 aliphatic rings. The zero-order valence-electron chi connectivity index (χ0n) is 40.3. The van der Waals surface area contributed by atoms with Crippen LogP contribution >= 0.6 is 0 Å². The van der Waals surface area contributed by atoms with Gasteiger partial charge in [0.25, 0.3) is 0 Å². The molecule has 0 spiro atoms. The molecule has 0 saturated carbocycles. The number of unbranched alkanes of at least 4 members (excludes halogenated alkanes) is 2. The second-order valence-electron chi connectivity index (χ2n) is 19.6. The van der Waals surface area contributed by atoms with Crippen LogP contribution in [0.3, 0.4) is 0 Å². The topological polar surface area (TPSA) is 40.6 Å². The fourth-order valence-electron chi connectivity index (χ4n) is 10.3. The number of amides is 2. The minimum atomic E-state index is -5.31. The molecule has 2 unspecified atom stereocenters. The minimum absolute atomic E-state index is 0.0642. The molecular weight excluding hydrogens is 832 g/mol. The molecule has 0 saturated heterocycles. The second kappa shape index (κ2) is 23.8. The van der Waals surface area contributed by atoms with Crippen LogP contribution in [-0.2, 0) is 26.2 Å². The Balaban J connectivity index is 2.10. The van der Waals surface area contributed by atoms with Gasteiger partial charge in [-0.05, 0) is 0 Å². The van der Waals surface area contributed by atoms with Crippen molar-refractivity contribution < 1.29 is 43.7 Å². The summed E-state index contributed by atoms with van der Waals surface area (Å²) in [5.74, 6) is -3.60. The van der Waals surface area contributed by atoms with Gasteiger partial charge in [0.2, 0.25) is 0 Å². The number of allylic oxidation sites excluding steroid dienone is 8. The van der Waals surface area contributed by atoms with Crippen LogP contribution < -0.4 is 17.5 Å². The van der Waals surface area contributed by atoms with Gasteiger partial charge in [0, 0.05) is 0 Å². The third kappa shape index (κ3) is 11.8. The van der Waals surface area contributed by atoms with Crippen LogP contribution in [0.25, 0.3) is 0 Å². The normalized spacial score (nSPS) is 15.5. The Bertz CT molecular complexity index is 1800. The third-order valence-electron chi connectivity index (χ3n) is 14.1. The predicted octanol–water partition coefficient (Wildman–Crippen LogP) is 14.7. The monoisotopic (exact) mass is 911 g/mol. The molecule has 2 aliphatic carbocycles. The molecule has 2 aromatic rings. The molecule has 4 rings (SSSR count). The van der Waals surface area contributed by atoms with Gasteiger partial charge in [-0.1, -0.05) is 0 Å². The molecule has 0 fully saturated rings. The molecule has 0 radical (unpaired) electrons. The van der Waals surface area contributed by atoms with Crippen molar-refractivity contribution >= 4 is 30.9 Å². The van der Waals surface area contributed by atoms with E-state index in [0.717, 1.165) is 64.2 Å². The van der Waals surface area contributed by atoms with Crippen molar-refractivity contribution in [2.24, 2.45) is 22.7 Å². The average molecular weight is 911 g/mol. The number of nitrogens with zero attached hydrogens (tertiary/aromatic N) is 2. The number of hydrogen-bond donors (Lipinski definition) is 0. The van der Waals surface area contributed by atoms with E-state index in [-0.39, 0.29) is 44.0 Å². The fourth-order valence-corrected chi connectivity index (χ4v) is 19.1. The summed E-state index contributed by atoms with van der Waals surface area (Å²) in [5, 5.41) is 0. The van der Waals surface area contributed by atoms with Gasteiger partial charge in [-0.2, -0.15) is 0 Å². The molecule has 0 N–H and O–H groups in total. The van der Waals surface area contributed by atoms with Crippen molar-refractivity contribution in [1.29, 1.82) is 0 Å². The van der Waals surface area contributed by atoms with Crippen molar-refractivity contribution in [3.63, 3.8) is 0 Å². The van der Waals surface area contributed by atoms with Gasteiger partial charge in [-0.3, -0.25) is 0 Å². The van der Waals surface area contributed by atoms with E-state index in [4.69, 9.17) is 0 Å². The number of carbonyl (C=O) groups excluding carboxylic acids is 2. The number of halogens is 4. The summed E-state index contributed by atoms with van der Waals surface area (Å²) in [6.07, 6.45) is 26.1. The first-order chi connectivity index (χ1) is 30.0. The quantitative estimate of drug-likeness (QED) is 0.0697. The molecule has 0 aromatic heterocycles. The maximum atomic E-state index is 18.5. The Morgan fingerprint density at radius 1 is 0.556 bits per heavy atom. The van der Waals surface area contributed by atoms with Gasteiger partial charge in [0.15, 0.2) is 0 Å². The molecule has 2 amide bonds. The molecule has 4 nitrogen and oxygen atoms in total. The summed E-state index contributed by atoms with van der Waals surface area (Å²) in [6, 6.07) is 5.08. The average Bonchev–Trinajstić information content (AvgIpc) is 4.00. The molecule has 0 bridgehead atoms. The van der Waals surface area contributed by atoms with Crippen LogP contribution in [0.15, 0.2) is 72.9 Å². The zero-order valence-corrected chi connectivity index (χ0v) is 41.8. The van der Waals surface area contributed by atoms with Crippen molar-refractivity contribution in [1.82, 2.24) is 0 Å². The molecule has 0 heterocycles. The Morgan fingerprint density at radius 3 is 1.21 bits per heavy atom. The Hall–Kier alpha value is -3.23. The number of anilines is 2. The Morgan fingerprint density at radius 2 is 0.905 bits per heavy atom. The van der Waals surface area contributed by atoms with Crippen molar-refractivity contribution in [2.45, 2.75) is 168 Å². The SMILES string of the molecule is CCCCC(CC)CCN(C(=O)C(C)(C)CCC)c1ccc(F)[c]([Ti]([c]2c(F)ccc(N(CCC(CC)CCCC)C(=O)C(C)(C)CCC)c2F)([CH]2C=CC=C2)[CH]2C=CC=C2)c1F. The van der Waals surface area contributed by atoms with Gasteiger partial charge < -0.3 is 0 Å². The van der Waals surface area contributed by atoms with E-state index < -0.39 is 59.1 Å². The number of benzene rings is 2. The standard InChI is InChI=1S/2C22H34F2NO.2C5H5.Ti/c2*1-6-9-10-17(8-3)13-15-25(21(26)22(4,5)14-7-2)20-12-11-18(23)16-19(20)24;2*1-2-4-5-3-1;/h2*11-12,17H,6-10,13-15H2,1-5H3;2*1-5H;. The fraction of sp³-hybridized carbons (Fsp3) is 0.593. The Kier molecular flexibility index (Phi) is 19.8. The van der Waals surface area contributed by atoms with E-state index in [9.17, 15) is 9.59 Å². The Labute approximate surface area is 382 Å². The summed E-state index contributed by atoms with van der Waals surface area (Å²) < 4.78 is 69.6. The molecule has 0 aliphatic heterocycles. The van der Waals surface area contributed by atoms with E-state index in [1.807, 2.05) is 65.8 Å². The summed E-state index contributed by atoms with van der Waals surface area (Å²) in [7, 11) is 0. The molecule has 2 aromatic carbocycles. The zero-order chi connectivity index (χ0) is 46.5. The molecular formula is C54H78F4N2O2Ti. The first kappa shape index (κ1) is 52.4. The predicted molar refractivity (Wildman–Crippen MR) is 254 cm³/mol. The van der Waals surface area contributed by atoms with Crippen LogP contribution in [0, 0.1) is 45.9 Å². The van der Waals surface area contributed by atoms with Crippen molar-refractivity contribution in [3.8, 4) is 0 Å². The van der Waals surface area contributed by atoms with E-state index in [1.165, 1.54) is 34.1 Å². The molecule has 2 atom stereocenters. The van der Waals surface area contributed by atoms with Gasteiger partial charge in [-0.15, -0.1) is 0 Å². The van der Waals surface area contributed by atoms with E-state index in [0.29, 0.717) is 37.5 Å².